The van der Waals surface area contributed by atoms with E-state index in [2.05, 4.69) is 15.6 Å². The summed E-state index contributed by atoms with van der Waals surface area (Å²) >= 11 is 7.33. The maximum absolute atomic E-state index is 12.8. The highest BCUT2D eigenvalue weighted by molar-refractivity contribution is 7.09. The normalized spacial score (nSPS) is 11.6. The van der Waals surface area contributed by atoms with Crippen LogP contribution in [0.5, 0.6) is 0 Å². The molecule has 1 atom stereocenters. The second-order valence-corrected chi connectivity index (χ2v) is 8.47. The number of benzene rings is 2. The van der Waals surface area contributed by atoms with Gasteiger partial charge in [0.05, 0.1) is 19.2 Å². The van der Waals surface area contributed by atoms with Crippen LogP contribution in [0.4, 0.5) is 10.5 Å². The van der Waals surface area contributed by atoms with Crippen LogP contribution in [0.15, 0.2) is 60.0 Å². The van der Waals surface area contributed by atoms with Gasteiger partial charge in [0.2, 0.25) is 0 Å². The average Bonchev–Trinajstić information content (AvgIpc) is 3.26. The van der Waals surface area contributed by atoms with Crippen LogP contribution in [0, 0.1) is 0 Å². The van der Waals surface area contributed by atoms with Crippen LogP contribution in [0.1, 0.15) is 34.0 Å². The molecule has 168 valence electrons. The summed E-state index contributed by atoms with van der Waals surface area (Å²) in [6.07, 6.45) is 0. The molecule has 3 rings (SSSR count). The summed E-state index contributed by atoms with van der Waals surface area (Å²) in [6.45, 7) is 2.92. The predicted molar refractivity (Wildman–Crippen MR) is 127 cm³/mol. The largest absolute Gasteiger partial charge is 0.383 e. The van der Waals surface area contributed by atoms with E-state index in [9.17, 15) is 9.59 Å². The van der Waals surface area contributed by atoms with Gasteiger partial charge in [-0.2, -0.15) is 0 Å². The minimum absolute atomic E-state index is 0.143. The van der Waals surface area contributed by atoms with Crippen LogP contribution < -0.4 is 10.6 Å². The quantitative estimate of drug-likeness (QED) is 0.460. The van der Waals surface area contributed by atoms with Crippen molar-refractivity contribution in [3.05, 3.63) is 81.3 Å². The minimum atomic E-state index is -0.303. The summed E-state index contributed by atoms with van der Waals surface area (Å²) < 4.78 is 5.13. The van der Waals surface area contributed by atoms with Crippen LogP contribution in [-0.2, 0) is 11.3 Å². The van der Waals surface area contributed by atoms with Gasteiger partial charge in [-0.1, -0.05) is 48.0 Å². The molecule has 0 aliphatic rings. The SMILES string of the molecule is COCCN(Cc1nc(C(=O)NC(C)c2ccccc2)cs1)C(=O)Nc1cccc(Cl)c1. The summed E-state index contributed by atoms with van der Waals surface area (Å²) in [5.41, 5.74) is 1.94. The number of hydrogen-bond donors (Lipinski definition) is 2. The van der Waals surface area contributed by atoms with Crippen LogP contribution in [0.3, 0.4) is 0 Å². The number of thiazole rings is 1. The molecule has 2 aromatic carbocycles. The van der Waals surface area contributed by atoms with E-state index in [1.807, 2.05) is 37.3 Å². The van der Waals surface area contributed by atoms with Crippen LogP contribution >= 0.6 is 22.9 Å². The molecule has 3 amide bonds. The fourth-order valence-electron chi connectivity index (χ4n) is 2.97. The topological polar surface area (TPSA) is 83.6 Å². The zero-order valence-electron chi connectivity index (χ0n) is 17.9. The van der Waals surface area contributed by atoms with Crippen molar-refractivity contribution in [2.24, 2.45) is 0 Å². The molecule has 7 nitrogen and oxygen atoms in total. The standard InChI is InChI=1S/C23H25ClN4O3S/c1-16(17-7-4-3-5-8-17)25-22(29)20-15-32-21(27-20)14-28(11-12-31-2)23(30)26-19-10-6-9-18(24)13-19/h3-10,13,15-16H,11-12,14H2,1-2H3,(H,25,29)(H,26,30). The van der Waals surface area contributed by atoms with Gasteiger partial charge < -0.3 is 20.3 Å². The number of aromatic nitrogens is 1. The Morgan fingerprint density at radius 3 is 2.69 bits per heavy atom. The van der Waals surface area contributed by atoms with E-state index in [0.29, 0.717) is 34.6 Å². The number of carbonyl (C=O) groups is 2. The minimum Gasteiger partial charge on any atom is -0.383 e. The molecule has 2 N–H and O–H groups in total. The Morgan fingerprint density at radius 2 is 1.97 bits per heavy atom. The molecule has 0 spiro atoms. The van der Waals surface area contributed by atoms with Gasteiger partial charge >= 0.3 is 6.03 Å². The fraction of sp³-hybridized carbons (Fsp3) is 0.261. The zero-order chi connectivity index (χ0) is 22.9. The first-order chi connectivity index (χ1) is 15.5. The summed E-state index contributed by atoms with van der Waals surface area (Å²) in [6, 6.07) is 16.2. The second kappa shape index (κ2) is 11.6. The highest BCUT2D eigenvalue weighted by atomic mass is 35.5. The van der Waals surface area contributed by atoms with E-state index in [1.54, 1.807) is 41.7 Å². The summed E-state index contributed by atoms with van der Waals surface area (Å²) in [7, 11) is 1.58. The van der Waals surface area contributed by atoms with E-state index >= 15 is 0 Å². The van der Waals surface area contributed by atoms with E-state index in [1.165, 1.54) is 11.3 Å². The molecule has 0 bridgehead atoms. The van der Waals surface area contributed by atoms with Crippen molar-refractivity contribution in [1.29, 1.82) is 0 Å². The van der Waals surface area contributed by atoms with E-state index in [-0.39, 0.29) is 24.5 Å². The van der Waals surface area contributed by atoms with Gasteiger partial charge in [-0.3, -0.25) is 4.79 Å². The number of rotatable bonds is 9. The van der Waals surface area contributed by atoms with Crippen molar-refractivity contribution in [2.45, 2.75) is 19.5 Å². The van der Waals surface area contributed by atoms with Gasteiger partial charge in [0, 0.05) is 29.7 Å². The Kier molecular flexibility index (Phi) is 8.61. The van der Waals surface area contributed by atoms with Crippen molar-refractivity contribution in [3.8, 4) is 0 Å². The van der Waals surface area contributed by atoms with Crippen molar-refractivity contribution < 1.29 is 14.3 Å². The Labute approximate surface area is 196 Å². The number of carbonyl (C=O) groups excluding carboxylic acids is 2. The Hall–Kier alpha value is -2.94. The molecule has 0 aliphatic heterocycles. The molecule has 1 unspecified atom stereocenters. The number of anilines is 1. The molecule has 0 saturated heterocycles. The van der Waals surface area contributed by atoms with Crippen molar-refractivity contribution in [1.82, 2.24) is 15.2 Å². The molecule has 0 aliphatic carbocycles. The highest BCUT2D eigenvalue weighted by Gasteiger charge is 2.19. The molecule has 9 heteroatoms. The van der Waals surface area contributed by atoms with Gasteiger partial charge in [0.25, 0.3) is 5.91 Å². The van der Waals surface area contributed by atoms with Gasteiger partial charge in [-0.15, -0.1) is 11.3 Å². The van der Waals surface area contributed by atoms with Crippen molar-refractivity contribution in [2.75, 3.05) is 25.6 Å². The summed E-state index contributed by atoms with van der Waals surface area (Å²) in [5.74, 6) is -0.254. The lowest BCUT2D eigenvalue weighted by Gasteiger charge is -2.22. The molecule has 32 heavy (non-hydrogen) atoms. The lowest BCUT2D eigenvalue weighted by Crippen LogP contribution is -2.36. The number of hydrogen-bond acceptors (Lipinski definition) is 5. The molecule has 3 aromatic rings. The monoisotopic (exact) mass is 472 g/mol. The molecule has 1 aromatic heterocycles. The third kappa shape index (κ3) is 6.78. The van der Waals surface area contributed by atoms with Gasteiger partial charge in [0.1, 0.15) is 10.7 Å². The number of nitrogens with one attached hydrogen (secondary N) is 2. The fourth-order valence-corrected chi connectivity index (χ4v) is 3.95. The maximum Gasteiger partial charge on any atom is 0.322 e. The number of ether oxygens (including phenoxy) is 1. The predicted octanol–water partition coefficient (Wildman–Crippen LogP) is 4.97. The first-order valence-corrected chi connectivity index (χ1v) is 11.3. The van der Waals surface area contributed by atoms with E-state index < -0.39 is 0 Å². The first-order valence-electron chi connectivity index (χ1n) is 10.1. The summed E-state index contributed by atoms with van der Waals surface area (Å²) in [5, 5.41) is 8.67. The van der Waals surface area contributed by atoms with Gasteiger partial charge in [0.15, 0.2) is 0 Å². The number of methoxy groups -OCH3 is 1. The number of halogens is 1. The molecule has 0 radical (unpaired) electrons. The third-order valence-corrected chi connectivity index (χ3v) is 5.75. The molecular formula is C23H25ClN4O3S. The Balaban J connectivity index is 1.64. The van der Waals surface area contributed by atoms with E-state index in [4.69, 9.17) is 16.3 Å². The second-order valence-electron chi connectivity index (χ2n) is 7.09. The zero-order valence-corrected chi connectivity index (χ0v) is 19.4. The number of amides is 3. The molecular weight excluding hydrogens is 448 g/mol. The highest BCUT2D eigenvalue weighted by Crippen LogP contribution is 2.18. The maximum atomic E-state index is 12.8. The lowest BCUT2D eigenvalue weighted by molar-refractivity contribution is 0.0935. The van der Waals surface area contributed by atoms with Gasteiger partial charge in [-0.25, -0.2) is 9.78 Å². The van der Waals surface area contributed by atoms with Crippen molar-refractivity contribution in [3.63, 3.8) is 0 Å². The smallest absolute Gasteiger partial charge is 0.322 e. The third-order valence-electron chi connectivity index (χ3n) is 4.69. The number of nitrogens with zero attached hydrogens (tertiary/aromatic N) is 2. The lowest BCUT2D eigenvalue weighted by atomic mass is 10.1. The Morgan fingerprint density at radius 1 is 1.19 bits per heavy atom. The average molecular weight is 473 g/mol. The van der Waals surface area contributed by atoms with Crippen molar-refractivity contribution >= 4 is 40.6 Å². The number of urea groups is 1. The van der Waals surface area contributed by atoms with Gasteiger partial charge in [-0.05, 0) is 30.7 Å². The molecule has 0 saturated carbocycles. The first kappa shape index (κ1) is 23.7. The molecule has 1 heterocycles. The summed E-state index contributed by atoms with van der Waals surface area (Å²) in [4.78, 5) is 31.4. The van der Waals surface area contributed by atoms with Crippen LogP contribution in [0.25, 0.3) is 0 Å². The van der Waals surface area contributed by atoms with Crippen LogP contribution in [0.2, 0.25) is 5.02 Å². The van der Waals surface area contributed by atoms with Crippen LogP contribution in [-0.4, -0.2) is 42.1 Å². The van der Waals surface area contributed by atoms with E-state index in [0.717, 1.165) is 5.56 Å². The molecule has 0 fully saturated rings. The Bertz CT molecular complexity index is 1040.